The molecule has 0 aliphatic carbocycles. The number of hydrogen-bond donors (Lipinski definition) is 1. The van der Waals surface area contributed by atoms with Crippen LogP contribution in [0.5, 0.6) is 0 Å². The summed E-state index contributed by atoms with van der Waals surface area (Å²) in [6.07, 6.45) is 0. The van der Waals surface area contributed by atoms with E-state index in [4.69, 9.17) is 4.74 Å². The minimum Gasteiger partial charge on any atom is -0.383 e. The van der Waals surface area contributed by atoms with E-state index in [0.29, 0.717) is 24.5 Å². The lowest BCUT2D eigenvalue weighted by Gasteiger charge is -2.16. The van der Waals surface area contributed by atoms with Crippen molar-refractivity contribution in [2.45, 2.75) is 25.8 Å². The van der Waals surface area contributed by atoms with Crippen LogP contribution in [0, 0.1) is 6.92 Å². The van der Waals surface area contributed by atoms with Gasteiger partial charge in [0.2, 0.25) is 5.82 Å². The number of aryl methyl sites for hydroxylation is 1. The fourth-order valence-corrected chi connectivity index (χ4v) is 2.80. The predicted molar refractivity (Wildman–Crippen MR) is 108 cm³/mol. The van der Waals surface area contributed by atoms with Crippen LogP contribution in [0.4, 0.5) is 15.8 Å². The number of benzene rings is 2. The third-order valence-corrected chi connectivity index (χ3v) is 4.43. The second kappa shape index (κ2) is 8.11. The smallest absolute Gasteiger partial charge is 0.207 e. The van der Waals surface area contributed by atoms with Gasteiger partial charge in [-0.3, -0.25) is 0 Å². The lowest BCUT2D eigenvalue weighted by molar-refractivity contribution is 0.178. The van der Waals surface area contributed by atoms with Crippen molar-refractivity contribution in [1.29, 1.82) is 0 Å². The van der Waals surface area contributed by atoms with Crippen molar-refractivity contribution in [3.63, 3.8) is 0 Å². The summed E-state index contributed by atoms with van der Waals surface area (Å²) in [4.78, 5) is 1.51. The molecule has 0 amide bonds. The van der Waals surface area contributed by atoms with Crippen LogP contribution in [-0.4, -0.2) is 33.9 Å². The minimum atomic E-state index is -1.45. The van der Waals surface area contributed by atoms with E-state index in [-0.39, 0.29) is 0 Å². The van der Waals surface area contributed by atoms with Gasteiger partial charge in [-0.15, -0.1) is 10.2 Å². The van der Waals surface area contributed by atoms with Gasteiger partial charge in [0.15, 0.2) is 0 Å². The van der Waals surface area contributed by atoms with E-state index in [1.165, 1.54) is 11.7 Å². The molecule has 27 heavy (non-hydrogen) atoms. The van der Waals surface area contributed by atoms with Crippen LogP contribution in [0.1, 0.15) is 18.1 Å². The monoisotopic (exact) mass is 387 g/mol. The Kier molecular flexibility index (Phi) is 5.82. The van der Waals surface area contributed by atoms with Crippen LogP contribution >= 0.6 is 9.24 Å². The molecule has 0 fully saturated rings. The van der Waals surface area contributed by atoms with Gasteiger partial charge in [0.05, 0.1) is 13.2 Å². The summed E-state index contributed by atoms with van der Waals surface area (Å²) >= 11 is 0. The number of methoxy groups -OCH3 is 1. The Hall–Kier alpha value is -2.37. The number of halogens is 1. The molecule has 142 valence electrons. The van der Waals surface area contributed by atoms with Crippen LogP contribution in [0.2, 0.25) is 0 Å². The summed E-state index contributed by atoms with van der Waals surface area (Å²) in [6, 6.07) is 13.2. The first-order valence-electron chi connectivity index (χ1n) is 8.60. The summed E-state index contributed by atoms with van der Waals surface area (Å²) in [6.45, 7) is 4.59. The molecule has 1 N–H and O–H groups in total. The highest BCUT2D eigenvalue weighted by Gasteiger charge is 2.18. The van der Waals surface area contributed by atoms with Gasteiger partial charge in [-0.1, -0.05) is 27.4 Å². The lowest BCUT2D eigenvalue weighted by atomic mass is 10.1. The molecule has 3 aromatic rings. The molecule has 2 aromatic carbocycles. The zero-order valence-electron chi connectivity index (χ0n) is 15.6. The first-order valence-corrected chi connectivity index (χ1v) is 9.17. The van der Waals surface area contributed by atoms with Crippen LogP contribution in [0.3, 0.4) is 0 Å². The summed E-state index contributed by atoms with van der Waals surface area (Å²) < 4.78 is 19.1. The Labute approximate surface area is 160 Å². The van der Waals surface area contributed by atoms with Crippen LogP contribution < -0.4 is 5.32 Å². The van der Waals surface area contributed by atoms with Gasteiger partial charge in [-0.2, -0.15) is 4.80 Å². The molecule has 2 unspecified atom stereocenters. The maximum atomic E-state index is 14.0. The Bertz CT molecular complexity index is 905. The average Bonchev–Trinajstić information content (AvgIpc) is 3.08. The number of nitrogens with one attached hydrogen (secondary N) is 1. The zero-order valence-corrected chi connectivity index (χ0v) is 16.8. The van der Waals surface area contributed by atoms with Gasteiger partial charge in [0.25, 0.3) is 0 Å². The quantitative estimate of drug-likeness (QED) is 0.620. The van der Waals surface area contributed by atoms with E-state index in [9.17, 15) is 4.39 Å². The molecule has 1 heterocycles. The van der Waals surface area contributed by atoms with Gasteiger partial charge in [0.1, 0.15) is 5.41 Å². The highest BCUT2D eigenvalue weighted by molar-refractivity contribution is 7.18. The number of ether oxygens (including phenoxy) is 1. The Morgan fingerprint density at radius 1 is 1.22 bits per heavy atom. The van der Waals surface area contributed by atoms with Crippen LogP contribution in [0.15, 0.2) is 42.5 Å². The summed E-state index contributed by atoms with van der Waals surface area (Å²) in [5, 5.41) is 14.6. The van der Waals surface area contributed by atoms with E-state index >= 15 is 0 Å². The molecular formula is C19H23FN5OP. The molecule has 0 bridgehead atoms. The number of aromatic nitrogens is 4. The predicted octanol–water partition coefficient (Wildman–Crippen LogP) is 4.06. The number of nitrogens with zero attached hydrogens (tertiary/aromatic N) is 4. The molecule has 0 aliphatic rings. The molecule has 6 nitrogen and oxygen atoms in total. The number of alkyl halides is 1. The second-order valence-corrected chi connectivity index (χ2v) is 7.61. The maximum absolute atomic E-state index is 14.0. The Balaban J connectivity index is 1.87. The average molecular weight is 387 g/mol. The topological polar surface area (TPSA) is 64.9 Å². The highest BCUT2D eigenvalue weighted by atomic mass is 31.0. The summed E-state index contributed by atoms with van der Waals surface area (Å²) in [7, 11) is 3.84. The van der Waals surface area contributed by atoms with E-state index in [1.807, 2.05) is 37.3 Å². The van der Waals surface area contributed by atoms with E-state index < -0.39 is 5.41 Å². The molecule has 0 spiro atoms. The van der Waals surface area contributed by atoms with Crippen LogP contribution in [-0.2, 0) is 16.7 Å². The van der Waals surface area contributed by atoms with Crippen LogP contribution in [0.25, 0.3) is 11.4 Å². The number of hydrogen-bond acceptors (Lipinski definition) is 5. The fourth-order valence-electron chi connectivity index (χ4n) is 2.61. The van der Waals surface area contributed by atoms with Gasteiger partial charge < -0.3 is 10.1 Å². The van der Waals surface area contributed by atoms with Crippen molar-refractivity contribution < 1.29 is 9.13 Å². The molecule has 8 heteroatoms. The number of anilines is 2. The van der Waals surface area contributed by atoms with E-state index in [1.54, 1.807) is 19.2 Å². The lowest BCUT2D eigenvalue weighted by Crippen LogP contribution is -2.07. The SMILES string of the molecule is COCCn1nnc(-c2ccc(C)cc2Nc2ccc(C(C)(F)P)cc2)n1. The van der Waals surface area contributed by atoms with Crippen molar-refractivity contribution in [2.75, 3.05) is 19.0 Å². The van der Waals surface area contributed by atoms with Gasteiger partial charge in [-0.25, -0.2) is 4.39 Å². The first kappa shape index (κ1) is 19.4. The van der Waals surface area contributed by atoms with E-state index in [0.717, 1.165) is 22.5 Å². The molecule has 2 atom stereocenters. The van der Waals surface area contributed by atoms with Crippen molar-refractivity contribution in [3.8, 4) is 11.4 Å². The van der Waals surface area contributed by atoms with Crippen molar-refractivity contribution in [2.24, 2.45) is 0 Å². The second-order valence-electron chi connectivity index (χ2n) is 6.53. The third kappa shape index (κ3) is 4.87. The van der Waals surface area contributed by atoms with Gasteiger partial charge >= 0.3 is 0 Å². The van der Waals surface area contributed by atoms with Crippen molar-refractivity contribution in [1.82, 2.24) is 20.2 Å². The fraction of sp³-hybridized carbons (Fsp3) is 0.316. The largest absolute Gasteiger partial charge is 0.383 e. The van der Waals surface area contributed by atoms with Gasteiger partial charge in [-0.05, 0) is 54.5 Å². The summed E-state index contributed by atoms with van der Waals surface area (Å²) in [5.41, 5.74) is 4.26. The van der Waals surface area contributed by atoms with Gasteiger partial charge in [0, 0.05) is 24.0 Å². The maximum Gasteiger partial charge on any atom is 0.207 e. The normalized spacial score (nSPS) is 13.4. The molecule has 0 saturated carbocycles. The standard InChI is InChI=1S/C19H23FN5OP/c1-13-4-9-16(18-22-24-25(23-18)10-11-26-3)17(12-13)21-15-7-5-14(6-8-15)19(2,20)27/h4-9,12,21H,10-11,27H2,1-3H3. The molecule has 0 radical (unpaired) electrons. The molecule has 3 rings (SSSR count). The zero-order chi connectivity index (χ0) is 19.4. The van der Waals surface area contributed by atoms with E-state index in [2.05, 4.69) is 30.0 Å². The molecule has 1 aromatic heterocycles. The first-order chi connectivity index (χ1) is 12.9. The molecule has 0 aliphatic heterocycles. The van der Waals surface area contributed by atoms with Crippen molar-refractivity contribution in [3.05, 3.63) is 53.6 Å². The molecular weight excluding hydrogens is 364 g/mol. The minimum absolute atomic E-state index is 0.518. The number of rotatable bonds is 7. The summed E-state index contributed by atoms with van der Waals surface area (Å²) in [5.74, 6) is 0.534. The molecule has 0 saturated heterocycles. The third-order valence-electron chi connectivity index (χ3n) is 4.09. The highest BCUT2D eigenvalue weighted by Crippen LogP contribution is 2.34. The van der Waals surface area contributed by atoms with Crippen molar-refractivity contribution >= 4 is 20.6 Å². The number of tetrazole rings is 1. The Morgan fingerprint density at radius 2 is 1.96 bits per heavy atom. The Morgan fingerprint density at radius 3 is 2.63 bits per heavy atom.